The molecule has 0 saturated carbocycles. The molecule has 0 saturated heterocycles. The van der Waals surface area contributed by atoms with Gasteiger partial charge in [0.05, 0.1) is 18.4 Å². The van der Waals surface area contributed by atoms with Gasteiger partial charge >= 0.3 is 0 Å². The van der Waals surface area contributed by atoms with Crippen molar-refractivity contribution in [2.24, 2.45) is 11.1 Å². The molecule has 2 aromatic carbocycles. The molecule has 0 atom stereocenters. The number of rotatable bonds is 5. The number of nitrogens with two attached hydrogens (primary N) is 1. The number of hydrogen-bond acceptors (Lipinski definition) is 4. The van der Waals surface area contributed by atoms with E-state index in [0.29, 0.717) is 17.8 Å². The van der Waals surface area contributed by atoms with E-state index in [1.807, 2.05) is 17.6 Å². The van der Waals surface area contributed by atoms with E-state index >= 15 is 0 Å². The Kier molecular flexibility index (Phi) is 5.28. The van der Waals surface area contributed by atoms with Gasteiger partial charge in [0.15, 0.2) is 17.3 Å². The van der Waals surface area contributed by atoms with E-state index in [2.05, 4.69) is 19.2 Å². The van der Waals surface area contributed by atoms with Crippen LogP contribution in [0.4, 0.5) is 15.8 Å². The number of halogens is 1. The Morgan fingerprint density at radius 1 is 1.16 bits per heavy atom. The molecule has 1 aromatic heterocycles. The van der Waals surface area contributed by atoms with Crippen molar-refractivity contribution in [2.45, 2.75) is 33.6 Å². The Hall–Kier alpha value is -3.61. The number of ketones is 1. The summed E-state index contributed by atoms with van der Waals surface area (Å²) in [5.41, 5.74) is 10.0. The van der Waals surface area contributed by atoms with Gasteiger partial charge in [-0.2, -0.15) is 0 Å². The van der Waals surface area contributed by atoms with Gasteiger partial charge in [0.2, 0.25) is 0 Å². The molecule has 0 bridgehead atoms. The first-order chi connectivity index (χ1) is 15.1. The number of carbonyl (C=O) groups excluding carboxylic acids is 2. The summed E-state index contributed by atoms with van der Waals surface area (Å²) in [4.78, 5) is 24.7. The van der Waals surface area contributed by atoms with Gasteiger partial charge in [-0.1, -0.05) is 13.8 Å². The third kappa shape index (κ3) is 3.86. The molecule has 6 nitrogen and oxygen atoms in total. The van der Waals surface area contributed by atoms with E-state index in [4.69, 9.17) is 10.5 Å². The summed E-state index contributed by atoms with van der Waals surface area (Å²) >= 11 is 0. The maximum absolute atomic E-state index is 14.2. The molecule has 0 spiro atoms. The van der Waals surface area contributed by atoms with Crippen LogP contribution in [0, 0.1) is 18.2 Å². The number of aromatic nitrogens is 1. The highest BCUT2D eigenvalue weighted by atomic mass is 19.1. The number of nitrogens with zero attached hydrogens (tertiary/aromatic N) is 1. The summed E-state index contributed by atoms with van der Waals surface area (Å²) in [6.45, 7) is 6.12. The fourth-order valence-electron chi connectivity index (χ4n) is 4.40. The van der Waals surface area contributed by atoms with Crippen LogP contribution in [-0.2, 0) is 6.42 Å². The van der Waals surface area contributed by atoms with E-state index in [-0.39, 0.29) is 22.5 Å². The van der Waals surface area contributed by atoms with Crippen molar-refractivity contribution >= 4 is 23.1 Å². The number of nitrogens with one attached hydrogen (secondary N) is 1. The van der Waals surface area contributed by atoms with Crippen LogP contribution in [0.1, 0.15) is 52.4 Å². The van der Waals surface area contributed by atoms with Crippen molar-refractivity contribution in [3.8, 4) is 11.4 Å². The van der Waals surface area contributed by atoms with E-state index in [1.165, 1.54) is 19.2 Å². The highest BCUT2D eigenvalue weighted by Gasteiger charge is 2.34. The van der Waals surface area contributed by atoms with E-state index in [9.17, 15) is 14.0 Å². The standard InChI is InChI=1S/C25H26FN3O3/c1-14-9-18-21(12-25(2,3)13-22(18)30)29(14)16-6-7-17(24(27)31)20(11-16)28-15-5-8-23(32-4)19(26)10-15/h5-11,28H,12-13H2,1-4H3,(H2,27,31). The van der Waals surface area contributed by atoms with Crippen LogP contribution in [0.5, 0.6) is 5.75 Å². The molecule has 1 aliphatic carbocycles. The quantitative estimate of drug-likeness (QED) is 0.595. The highest BCUT2D eigenvalue weighted by Crippen LogP contribution is 2.38. The number of hydrogen-bond donors (Lipinski definition) is 2. The van der Waals surface area contributed by atoms with Crippen molar-refractivity contribution in [1.29, 1.82) is 0 Å². The van der Waals surface area contributed by atoms with Crippen molar-refractivity contribution in [2.75, 3.05) is 12.4 Å². The maximum Gasteiger partial charge on any atom is 0.250 e. The third-order valence-electron chi connectivity index (χ3n) is 5.83. The number of ether oxygens (including phenoxy) is 1. The van der Waals surface area contributed by atoms with Crippen LogP contribution in [-0.4, -0.2) is 23.4 Å². The predicted molar refractivity (Wildman–Crippen MR) is 122 cm³/mol. The largest absolute Gasteiger partial charge is 0.494 e. The number of anilines is 2. The van der Waals surface area contributed by atoms with Gasteiger partial charge in [-0.15, -0.1) is 0 Å². The number of primary amides is 1. The summed E-state index contributed by atoms with van der Waals surface area (Å²) in [5, 5.41) is 3.10. The molecule has 3 N–H and O–H groups in total. The van der Waals surface area contributed by atoms with Crippen LogP contribution in [0.2, 0.25) is 0 Å². The molecule has 1 heterocycles. The molecule has 166 valence electrons. The average molecular weight is 435 g/mol. The minimum Gasteiger partial charge on any atom is -0.494 e. The van der Waals surface area contributed by atoms with E-state index < -0.39 is 11.7 Å². The Morgan fingerprint density at radius 3 is 2.56 bits per heavy atom. The van der Waals surface area contributed by atoms with Crippen LogP contribution in [0.15, 0.2) is 42.5 Å². The minimum absolute atomic E-state index is 0.126. The lowest BCUT2D eigenvalue weighted by atomic mass is 9.76. The van der Waals surface area contributed by atoms with Gasteiger partial charge in [-0.05, 0) is 55.2 Å². The summed E-state index contributed by atoms with van der Waals surface area (Å²) in [5.74, 6) is -0.860. The summed E-state index contributed by atoms with van der Waals surface area (Å²) in [6.07, 6.45) is 1.27. The van der Waals surface area contributed by atoms with Gasteiger partial charge < -0.3 is 20.4 Å². The first kappa shape index (κ1) is 21.6. The normalized spacial score (nSPS) is 14.7. The lowest BCUT2D eigenvalue weighted by Crippen LogP contribution is -2.27. The molecule has 1 aliphatic rings. The molecule has 0 fully saturated rings. The lowest BCUT2D eigenvalue weighted by molar-refractivity contribution is 0.0910. The molecule has 4 rings (SSSR count). The van der Waals surface area contributed by atoms with Gasteiger partial charge in [-0.25, -0.2) is 4.39 Å². The van der Waals surface area contributed by atoms with Crippen molar-refractivity contribution < 1.29 is 18.7 Å². The second kappa shape index (κ2) is 7.82. The number of amides is 1. The Bertz CT molecular complexity index is 1240. The Labute approximate surface area is 186 Å². The van der Waals surface area contributed by atoms with Crippen LogP contribution >= 0.6 is 0 Å². The number of benzene rings is 2. The highest BCUT2D eigenvalue weighted by molar-refractivity contribution is 6.00. The number of Topliss-reactive ketones (excluding diaryl/α,β-unsaturated/α-hetero) is 1. The summed E-state index contributed by atoms with van der Waals surface area (Å²) in [7, 11) is 1.40. The fraction of sp³-hybridized carbons (Fsp3) is 0.280. The van der Waals surface area contributed by atoms with Gasteiger partial charge in [0, 0.05) is 40.8 Å². The molecule has 7 heteroatoms. The average Bonchev–Trinajstić information content (AvgIpc) is 3.03. The Morgan fingerprint density at radius 2 is 1.91 bits per heavy atom. The molecule has 0 aliphatic heterocycles. The predicted octanol–water partition coefficient (Wildman–Crippen LogP) is 4.93. The van der Waals surface area contributed by atoms with Gasteiger partial charge in [0.1, 0.15) is 0 Å². The Balaban J connectivity index is 1.81. The number of methoxy groups -OCH3 is 1. The second-order valence-corrected chi connectivity index (χ2v) is 8.99. The lowest BCUT2D eigenvalue weighted by Gasteiger charge is -2.30. The van der Waals surface area contributed by atoms with E-state index in [1.54, 1.807) is 24.3 Å². The second-order valence-electron chi connectivity index (χ2n) is 8.99. The van der Waals surface area contributed by atoms with Crippen LogP contribution in [0.25, 0.3) is 5.69 Å². The number of fused-ring (bicyclic) bond motifs is 1. The molecule has 3 aromatic rings. The van der Waals surface area contributed by atoms with Crippen molar-refractivity contribution in [3.63, 3.8) is 0 Å². The fourth-order valence-corrected chi connectivity index (χ4v) is 4.40. The minimum atomic E-state index is -0.601. The number of aryl methyl sites for hydroxylation is 1. The zero-order valence-corrected chi connectivity index (χ0v) is 18.6. The SMILES string of the molecule is COc1ccc(Nc2cc(-n3c(C)cc4c3CC(C)(C)CC4=O)ccc2C(N)=O)cc1F. The van der Waals surface area contributed by atoms with Crippen molar-refractivity contribution in [1.82, 2.24) is 4.57 Å². The smallest absolute Gasteiger partial charge is 0.250 e. The molecule has 0 radical (unpaired) electrons. The summed E-state index contributed by atoms with van der Waals surface area (Å²) < 4.78 is 21.2. The molecular formula is C25H26FN3O3. The molecular weight excluding hydrogens is 409 g/mol. The third-order valence-corrected chi connectivity index (χ3v) is 5.83. The first-order valence-corrected chi connectivity index (χ1v) is 10.4. The number of carbonyl (C=O) groups is 2. The van der Waals surface area contributed by atoms with Gasteiger partial charge in [0.25, 0.3) is 5.91 Å². The topological polar surface area (TPSA) is 86.3 Å². The van der Waals surface area contributed by atoms with Crippen molar-refractivity contribution in [3.05, 3.63) is 70.8 Å². The molecule has 32 heavy (non-hydrogen) atoms. The maximum atomic E-state index is 14.2. The summed E-state index contributed by atoms with van der Waals surface area (Å²) in [6, 6.07) is 11.6. The zero-order valence-electron chi connectivity index (χ0n) is 18.6. The zero-order chi connectivity index (χ0) is 23.2. The van der Waals surface area contributed by atoms with E-state index in [0.717, 1.165) is 29.1 Å². The molecule has 1 amide bonds. The van der Waals surface area contributed by atoms with Crippen LogP contribution in [0.3, 0.4) is 0 Å². The monoisotopic (exact) mass is 435 g/mol. The van der Waals surface area contributed by atoms with Crippen LogP contribution < -0.4 is 15.8 Å². The first-order valence-electron chi connectivity index (χ1n) is 10.4. The van der Waals surface area contributed by atoms with Gasteiger partial charge in [-0.3, -0.25) is 9.59 Å². The molecule has 0 unspecified atom stereocenters.